The molecule has 0 aliphatic carbocycles. The first-order valence-corrected chi connectivity index (χ1v) is 8.66. The molecule has 25 heavy (non-hydrogen) atoms. The van der Waals surface area contributed by atoms with E-state index in [1.807, 2.05) is 6.07 Å². The van der Waals surface area contributed by atoms with E-state index in [2.05, 4.69) is 34.2 Å². The lowest BCUT2D eigenvalue weighted by atomic mass is 9.84. The molecular formula is C19H30FN3O2. The summed E-state index contributed by atoms with van der Waals surface area (Å²) in [4.78, 5) is 15.2. The Kier molecular flexibility index (Phi) is 8.95. The molecule has 6 heteroatoms. The summed E-state index contributed by atoms with van der Waals surface area (Å²) in [5.41, 5.74) is 0.721. The zero-order valence-electron chi connectivity index (χ0n) is 15.7. The van der Waals surface area contributed by atoms with Crippen LogP contribution >= 0.6 is 0 Å². The Morgan fingerprint density at radius 2 is 2.00 bits per heavy atom. The molecule has 1 aromatic carbocycles. The summed E-state index contributed by atoms with van der Waals surface area (Å²) in [7, 11) is 3.13. The lowest BCUT2D eigenvalue weighted by Crippen LogP contribution is -2.43. The highest BCUT2D eigenvalue weighted by Gasteiger charge is 2.21. The fourth-order valence-electron chi connectivity index (χ4n) is 2.42. The van der Waals surface area contributed by atoms with Crippen molar-refractivity contribution in [2.45, 2.75) is 44.9 Å². The third-order valence-corrected chi connectivity index (χ3v) is 4.11. The van der Waals surface area contributed by atoms with Gasteiger partial charge in [-0.25, -0.2) is 4.39 Å². The highest BCUT2D eigenvalue weighted by Crippen LogP contribution is 2.22. The molecule has 1 rings (SSSR count). The fourth-order valence-corrected chi connectivity index (χ4v) is 2.42. The van der Waals surface area contributed by atoms with Gasteiger partial charge in [0.05, 0.1) is 7.11 Å². The molecule has 0 unspecified atom stereocenters. The van der Waals surface area contributed by atoms with Gasteiger partial charge in [0.25, 0.3) is 0 Å². The summed E-state index contributed by atoms with van der Waals surface area (Å²) >= 11 is 0. The molecule has 0 heterocycles. The van der Waals surface area contributed by atoms with Gasteiger partial charge in [-0.15, -0.1) is 0 Å². The second-order valence-corrected chi connectivity index (χ2v) is 6.63. The Balaban J connectivity index is 2.33. The quantitative estimate of drug-likeness (QED) is 0.311. The van der Waals surface area contributed by atoms with E-state index in [0.717, 1.165) is 37.3 Å². The number of ether oxygens (including phenoxy) is 1. The second kappa shape index (κ2) is 10.7. The summed E-state index contributed by atoms with van der Waals surface area (Å²) in [6.45, 7) is 5.55. The molecule has 0 aromatic heterocycles. The van der Waals surface area contributed by atoms with Crippen LogP contribution in [0.2, 0.25) is 0 Å². The Morgan fingerprint density at radius 1 is 1.24 bits per heavy atom. The highest BCUT2D eigenvalue weighted by atomic mass is 19.1. The molecule has 2 N–H and O–H groups in total. The van der Waals surface area contributed by atoms with Crippen LogP contribution in [0.4, 0.5) is 4.39 Å². The van der Waals surface area contributed by atoms with Crippen LogP contribution in [0.25, 0.3) is 0 Å². The first-order chi connectivity index (χ1) is 11.9. The van der Waals surface area contributed by atoms with E-state index in [-0.39, 0.29) is 17.2 Å². The van der Waals surface area contributed by atoms with Crippen LogP contribution in [0.15, 0.2) is 29.3 Å². The standard InChI is InChI=1S/C19H30FN3O2/c1-19(2,15-9-8-10-16(20)13-15)14-23-18(21-3)22-12-7-5-6-11-17(24)25-4/h8-10,13H,5-7,11-12,14H2,1-4H3,(H2,21,22,23). The summed E-state index contributed by atoms with van der Waals surface area (Å²) in [6.07, 6.45) is 3.19. The zero-order valence-corrected chi connectivity index (χ0v) is 15.7. The third kappa shape index (κ3) is 8.01. The highest BCUT2D eigenvalue weighted by molar-refractivity contribution is 5.79. The Morgan fingerprint density at radius 3 is 2.64 bits per heavy atom. The molecule has 1 aromatic rings. The van der Waals surface area contributed by atoms with Gasteiger partial charge in [0, 0.05) is 32.0 Å². The lowest BCUT2D eigenvalue weighted by Gasteiger charge is -2.26. The molecule has 0 atom stereocenters. The van der Waals surface area contributed by atoms with Crippen LogP contribution in [0, 0.1) is 5.82 Å². The number of nitrogens with one attached hydrogen (secondary N) is 2. The normalized spacial score (nSPS) is 12.0. The SMILES string of the molecule is CN=C(NCCCCCC(=O)OC)NCC(C)(C)c1cccc(F)c1. The second-order valence-electron chi connectivity index (χ2n) is 6.63. The fraction of sp³-hybridized carbons (Fsp3) is 0.579. The number of carbonyl (C=O) groups excluding carboxylic acids is 1. The van der Waals surface area contributed by atoms with E-state index in [4.69, 9.17) is 0 Å². The average Bonchev–Trinajstić information content (AvgIpc) is 2.60. The van der Waals surface area contributed by atoms with Crippen LogP contribution < -0.4 is 10.6 Å². The Labute approximate surface area is 150 Å². The largest absolute Gasteiger partial charge is 0.469 e. The van der Waals surface area contributed by atoms with Crippen molar-refractivity contribution in [1.29, 1.82) is 0 Å². The molecule has 0 amide bonds. The molecule has 0 aliphatic rings. The number of unbranched alkanes of at least 4 members (excludes halogenated alkanes) is 2. The number of halogens is 1. The van der Waals surface area contributed by atoms with Crippen molar-refractivity contribution in [3.8, 4) is 0 Å². The number of methoxy groups -OCH3 is 1. The van der Waals surface area contributed by atoms with E-state index in [1.54, 1.807) is 19.2 Å². The first-order valence-electron chi connectivity index (χ1n) is 8.66. The van der Waals surface area contributed by atoms with Crippen molar-refractivity contribution in [1.82, 2.24) is 10.6 Å². The van der Waals surface area contributed by atoms with Gasteiger partial charge in [0.15, 0.2) is 5.96 Å². The number of nitrogens with zero attached hydrogens (tertiary/aromatic N) is 1. The summed E-state index contributed by atoms with van der Waals surface area (Å²) in [6, 6.07) is 6.68. The average molecular weight is 351 g/mol. The van der Waals surface area contributed by atoms with E-state index in [9.17, 15) is 9.18 Å². The van der Waals surface area contributed by atoms with Gasteiger partial charge < -0.3 is 15.4 Å². The van der Waals surface area contributed by atoms with Gasteiger partial charge in [-0.1, -0.05) is 32.4 Å². The van der Waals surface area contributed by atoms with Crippen molar-refractivity contribution < 1.29 is 13.9 Å². The smallest absolute Gasteiger partial charge is 0.305 e. The maximum atomic E-state index is 13.4. The third-order valence-electron chi connectivity index (χ3n) is 4.11. The van der Waals surface area contributed by atoms with Crippen LogP contribution in [0.5, 0.6) is 0 Å². The molecule has 0 bridgehead atoms. The Bertz CT molecular complexity index is 574. The van der Waals surface area contributed by atoms with E-state index in [0.29, 0.717) is 13.0 Å². The van der Waals surface area contributed by atoms with Crippen molar-refractivity contribution in [3.05, 3.63) is 35.6 Å². The van der Waals surface area contributed by atoms with Gasteiger partial charge in [-0.3, -0.25) is 9.79 Å². The van der Waals surface area contributed by atoms with Crippen molar-refractivity contribution >= 4 is 11.9 Å². The summed E-state index contributed by atoms with van der Waals surface area (Å²) in [5.74, 6) is 0.336. The summed E-state index contributed by atoms with van der Waals surface area (Å²) < 4.78 is 18.0. The van der Waals surface area contributed by atoms with Crippen molar-refractivity contribution in [2.24, 2.45) is 4.99 Å². The van der Waals surface area contributed by atoms with Gasteiger partial charge in [0.2, 0.25) is 0 Å². The van der Waals surface area contributed by atoms with Gasteiger partial charge in [-0.05, 0) is 30.5 Å². The van der Waals surface area contributed by atoms with Crippen LogP contribution in [-0.2, 0) is 14.9 Å². The maximum absolute atomic E-state index is 13.4. The molecule has 5 nitrogen and oxygen atoms in total. The van der Waals surface area contributed by atoms with Crippen LogP contribution in [-0.4, -0.2) is 39.2 Å². The number of hydrogen-bond acceptors (Lipinski definition) is 3. The van der Waals surface area contributed by atoms with Gasteiger partial charge in [-0.2, -0.15) is 0 Å². The molecule has 0 saturated carbocycles. The number of rotatable bonds is 9. The van der Waals surface area contributed by atoms with Gasteiger partial charge in [0.1, 0.15) is 5.82 Å². The predicted octanol–water partition coefficient (Wildman–Crippen LogP) is 3.00. The van der Waals surface area contributed by atoms with Crippen molar-refractivity contribution in [2.75, 3.05) is 27.2 Å². The summed E-state index contributed by atoms with van der Waals surface area (Å²) in [5, 5.41) is 6.54. The predicted molar refractivity (Wildman–Crippen MR) is 99.3 cm³/mol. The number of carbonyl (C=O) groups is 1. The molecule has 140 valence electrons. The maximum Gasteiger partial charge on any atom is 0.305 e. The minimum atomic E-state index is -0.222. The van der Waals surface area contributed by atoms with E-state index in [1.165, 1.54) is 13.2 Å². The number of guanidine groups is 1. The molecule has 0 aliphatic heterocycles. The minimum Gasteiger partial charge on any atom is -0.469 e. The molecule has 0 saturated heterocycles. The van der Waals surface area contributed by atoms with E-state index >= 15 is 0 Å². The van der Waals surface area contributed by atoms with Crippen LogP contribution in [0.1, 0.15) is 45.1 Å². The lowest BCUT2D eigenvalue weighted by molar-refractivity contribution is -0.140. The number of hydrogen-bond donors (Lipinski definition) is 2. The zero-order chi connectivity index (χ0) is 18.7. The molecule has 0 fully saturated rings. The molecule has 0 spiro atoms. The first kappa shape index (κ1) is 20.9. The molecular weight excluding hydrogens is 321 g/mol. The van der Waals surface area contributed by atoms with Gasteiger partial charge >= 0.3 is 5.97 Å². The minimum absolute atomic E-state index is 0.162. The van der Waals surface area contributed by atoms with Crippen LogP contribution in [0.3, 0.4) is 0 Å². The molecule has 0 radical (unpaired) electrons. The monoisotopic (exact) mass is 351 g/mol. The number of esters is 1. The van der Waals surface area contributed by atoms with E-state index < -0.39 is 0 Å². The Hall–Kier alpha value is -2.11. The topological polar surface area (TPSA) is 62.7 Å². The van der Waals surface area contributed by atoms with Crippen molar-refractivity contribution in [3.63, 3.8) is 0 Å². The number of benzene rings is 1. The number of aliphatic imine (C=N–C) groups is 1.